The van der Waals surface area contributed by atoms with E-state index in [9.17, 15) is 13.2 Å². The number of hydrogen-bond donors (Lipinski definition) is 0. The van der Waals surface area contributed by atoms with Crippen molar-refractivity contribution in [2.75, 3.05) is 13.9 Å². The second-order valence-electron chi connectivity index (χ2n) is 2.89. The Morgan fingerprint density at radius 2 is 1.18 bits per heavy atom. The van der Waals surface area contributed by atoms with Gasteiger partial charge in [0.25, 0.3) is 0 Å². The van der Waals surface area contributed by atoms with E-state index in [2.05, 4.69) is 13.8 Å². The molecule has 0 atom stereocenters. The van der Waals surface area contributed by atoms with Crippen LogP contribution in [0.1, 0.15) is 39.2 Å². The van der Waals surface area contributed by atoms with E-state index in [-0.39, 0.29) is 13.3 Å². The SMILES string of the molecule is CCCC.CCF.CF.FCc1ccccc1. The zero-order valence-corrected chi connectivity index (χ0v) is 11.3. The van der Waals surface area contributed by atoms with Crippen molar-refractivity contribution in [3.63, 3.8) is 0 Å². The lowest BCUT2D eigenvalue weighted by Crippen LogP contribution is -1.72. The molecule has 0 aromatic heterocycles. The van der Waals surface area contributed by atoms with Gasteiger partial charge in [-0.25, -0.2) is 4.39 Å². The van der Waals surface area contributed by atoms with Gasteiger partial charge >= 0.3 is 0 Å². The van der Waals surface area contributed by atoms with Crippen molar-refractivity contribution in [3.05, 3.63) is 35.9 Å². The molecule has 0 saturated heterocycles. The van der Waals surface area contributed by atoms with Crippen molar-refractivity contribution in [1.29, 1.82) is 0 Å². The van der Waals surface area contributed by atoms with Crippen molar-refractivity contribution in [1.82, 2.24) is 0 Å². The lowest BCUT2D eigenvalue weighted by Gasteiger charge is -1.87. The standard InChI is InChI=1S/C7H7F.C4H10.C2H5F.CH3F/c8-6-7-4-2-1-3-5-7;1-3-4-2;1-2-3;1-2/h1-5H,6H2;3-4H2,1-2H3;2H2,1H3;1H3. The minimum atomic E-state index is -0.360. The molecule has 1 rings (SSSR count). The summed E-state index contributed by atoms with van der Waals surface area (Å²) < 4.78 is 31.5. The monoisotopic (exact) mass is 250 g/mol. The number of unbranched alkanes of at least 4 members (excludes halogenated alkanes) is 1. The van der Waals surface area contributed by atoms with Crippen LogP contribution in [0, 0.1) is 0 Å². The molecule has 1 aromatic carbocycles. The minimum absolute atomic E-state index is 0.250. The van der Waals surface area contributed by atoms with Crippen LogP contribution in [0.3, 0.4) is 0 Å². The molecule has 1 aromatic rings. The van der Waals surface area contributed by atoms with Crippen LogP contribution in [-0.4, -0.2) is 13.9 Å². The van der Waals surface area contributed by atoms with Crippen molar-refractivity contribution in [2.24, 2.45) is 0 Å². The molecule has 0 aliphatic rings. The fourth-order valence-corrected chi connectivity index (χ4v) is 0.567. The normalized spacial score (nSPS) is 7.47. The smallest absolute Gasteiger partial charge is 0.115 e. The molecule has 0 aliphatic carbocycles. The zero-order chi connectivity index (χ0) is 13.9. The van der Waals surface area contributed by atoms with Gasteiger partial charge < -0.3 is 0 Å². The fraction of sp³-hybridized carbons (Fsp3) is 0.571. The summed E-state index contributed by atoms with van der Waals surface area (Å²) in [6.45, 7) is 5.21. The lowest BCUT2D eigenvalue weighted by molar-refractivity contribution is 0.485. The van der Waals surface area contributed by atoms with Crippen LogP contribution < -0.4 is 0 Å². The quantitative estimate of drug-likeness (QED) is 0.648. The van der Waals surface area contributed by atoms with E-state index in [1.807, 2.05) is 18.2 Å². The van der Waals surface area contributed by atoms with Crippen molar-refractivity contribution < 1.29 is 13.2 Å². The van der Waals surface area contributed by atoms with Gasteiger partial charge in [0.1, 0.15) is 6.67 Å². The van der Waals surface area contributed by atoms with Gasteiger partial charge in [-0.15, -0.1) is 0 Å². The van der Waals surface area contributed by atoms with E-state index < -0.39 is 0 Å². The first-order valence-corrected chi connectivity index (χ1v) is 5.80. The van der Waals surface area contributed by atoms with Crippen LogP contribution in [0.25, 0.3) is 0 Å². The van der Waals surface area contributed by atoms with Crippen molar-refractivity contribution in [3.8, 4) is 0 Å². The second-order valence-corrected chi connectivity index (χ2v) is 2.89. The van der Waals surface area contributed by atoms with Crippen molar-refractivity contribution in [2.45, 2.75) is 40.3 Å². The Balaban J connectivity index is -0.000000186. The molecule has 0 N–H and O–H groups in total. The molecule has 0 bridgehead atoms. The Morgan fingerprint density at radius 1 is 0.824 bits per heavy atom. The van der Waals surface area contributed by atoms with Crippen molar-refractivity contribution >= 4 is 0 Å². The molecule has 3 heteroatoms. The van der Waals surface area contributed by atoms with Crippen LogP contribution in [0.15, 0.2) is 30.3 Å². The highest BCUT2D eigenvalue weighted by Crippen LogP contribution is 1.98. The summed E-state index contributed by atoms with van der Waals surface area (Å²) in [7, 11) is 0.500. The molecule has 102 valence electrons. The van der Waals surface area contributed by atoms with Gasteiger partial charge in [0, 0.05) is 0 Å². The maximum absolute atomic E-state index is 11.7. The molecular formula is C14H25F3. The van der Waals surface area contributed by atoms with E-state index >= 15 is 0 Å². The zero-order valence-electron chi connectivity index (χ0n) is 11.3. The number of alkyl halides is 3. The summed E-state index contributed by atoms with van der Waals surface area (Å²) in [6, 6.07) is 9.06. The lowest BCUT2D eigenvalue weighted by atomic mass is 10.2. The first-order valence-electron chi connectivity index (χ1n) is 5.80. The Kier molecular flexibility index (Phi) is 30.5. The van der Waals surface area contributed by atoms with Crippen LogP contribution in [0.2, 0.25) is 0 Å². The topological polar surface area (TPSA) is 0 Å². The van der Waals surface area contributed by atoms with E-state index in [0.29, 0.717) is 7.18 Å². The summed E-state index contributed by atoms with van der Waals surface area (Å²) in [5.41, 5.74) is 0.743. The maximum Gasteiger partial charge on any atom is 0.115 e. The van der Waals surface area contributed by atoms with Crippen LogP contribution >= 0.6 is 0 Å². The van der Waals surface area contributed by atoms with Crippen LogP contribution in [0.5, 0.6) is 0 Å². The highest BCUT2D eigenvalue weighted by atomic mass is 19.1. The third-order valence-electron chi connectivity index (χ3n) is 1.50. The molecule has 0 heterocycles. The highest BCUT2D eigenvalue weighted by Gasteiger charge is 1.82. The summed E-state index contributed by atoms with van der Waals surface area (Å²) in [4.78, 5) is 0. The molecule has 0 aliphatic heterocycles. The molecule has 0 saturated carbocycles. The van der Waals surface area contributed by atoms with Gasteiger partial charge in [0.2, 0.25) is 0 Å². The Hall–Kier alpha value is -0.990. The Labute approximate surface area is 104 Å². The Morgan fingerprint density at radius 3 is 1.35 bits per heavy atom. The van der Waals surface area contributed by atoms with Crippen LogP contribution in [0.4, 0.5) is 13.2 Å². The minimum Gasteiger partial charge on any atom is -0.255 e. The van der Waals surface area contributed by atoms with Gasteiger partial charge in [0.05, 0.1) is 13.9 Å². The largest absolute Gasteiger partial charge is 0.255 e. The Bertz CT molecular complexity index is 186. The number of halogens is 3. The first kappa shape index (κ1) is 21.3. The number of benzene rings is 1. The molecule has 17 heavy (non-hydrogen) atoms. The van der Waals surface area contributed by atoms with Gasteiger partial charge in [0.15, 0.2) is 0 Å². The third kappa shape index (κ3) is 25.4. The molecule has 0 unspecified atom stereocenters. The predicted molar refractivity (Wildman–Crippen MR) is 70.5 cm³/mol. The van der Waals surface area contributed by atoms with E-state index in [4.69, 9.17) is 0 Å². The molecule has 0 fully saturated rings. The van der Waals surface area contributed by atoms with E-state index in [1.165, 1.54) is 19.8 Å². The van der Waals surface area contributed by atoms with E-state index in [1.54, 1.807) is 12.1 Å². The van der Waals surface area contributed by atoms with Gasteiger partial charge in [-0.3, -0.25) is 8.78 Å². The molecule has 0 spiro atoms. The van der Waals surface area contributed by atoms with E-state index in [0.717, 1.165) is 5.56 Å². The third-order valence-corrected chi connectivity index (χ3v) is 1.50. The molecule has 0 radical (unpaired) electrons. The number of hydrogen-bond acceptors (Lipinski definition) is 0. The highest BCUT2D eigenvalue weighted by molar-refractivity contribution is 5.13. The van der Waals surface area contributed by atoms with Crippen LogP contribution in [-0.2, 0) is 6.67 Å². The van der Waals surface area contributed by atoms with Gasteiger partial charge in [-0.2, -0.15) is 0 Å². The first-order chi connectivity index (χ1) is 8.26. The fourth-order valence-electron chi connectivity index (χ4n) is 0.567. The maximum atomic E-state index is 11.7. The van der Waals surface area contributed by atoms with Gasteiger partial charge in [-0.05, 0) is 12.5 Å². The average Bonchev–Trinajstić information content (AvgIpc) is 2.43. The van der Waals surface area contributed by atoms with Gasteiger partial charge in [-0.1, -0.05) is 57.0 Å². The molecule has 0 nitrogen and oxygen atoms in total. The summed E-state index contributed by atoms with van der Waals surface area (Å²) in [5.74, 6) is 0. The number of rotatable bonds is 2. The predicted octanol–water partition coefficient (Wildman–Crippen LogP) is 5.52. The average molecular weight is 250 g/mol. The summed E-state index contributed by atoms with van der Waals surface area (Å²) in [5, 5.41) is 0. The molecular weight excluding hydrogens is 225 g/mol. The second kappa shape index (κ2) is 24.3. The summed E-state index contributed by atoms with van der Waals surface area (Å²) in [6.07, 6.45) is 2.64. The summed E-state index contributed by atoms with van der Waals surface area (Å²) >= 11 is 0. The molecule has 0 amide bonds.